The number of hydrogen-bond donors (Lipinski definition) is 2. The average Bonchev–Trinajstić information content (AvgIpc) is 3.13. The fourth-order valence-corrected chi connectivity index (χ4v) is 4.94. The number of nitrogens with one attached hydrogen (secondary N) is 2. The van der Waals surface area contributed by atoms with Crippen LogP contribution in [0.2, 0.25) is 0 Å². The number of para-hydroxylation sites is 1. The van der Waals surface area contributed by atoms with Crippen LogP contribution in [0.3, 0.4) is 0 Å². The van der Waals surface area contributed by atoms with E-state index < -0.39 is 9.84 Å². The Labute approximate surface area is 160 Å². The molecule has 1 fully saturated rings. The Bertz CT molecular complexity index is 1000. The first-order valence-corrected chi connectivity index (χ1v) is 10.9. The highest BCUT2D eigenvalue weighted by atomic mass is 32.2. The van der Waals surface area contributed by atoms with Crippen LogP contribution in [0, 0.1) is 5.92 Å². The topological polar surface area (TPSA) is 65.2 Å². The lowest BCUT2D eigenvalue weighted by atomic mass is 9.97. The van der Waals surface area contributed by atoms with Crippen LogP contribution in [0.1, 0.15) is 12.8 Å². The molecule has 1 aromatic heterocycles. The first kappa shape index (κ1) is 18.1. The van der Waals surface area contributed by atoms with Crippen molar-refractivity contribution in [3.8, 4) is 0 Å². The van der Waals surface area contributed by atoms with E-state index in [4.69, 9.17) is 0 Å². The number of piperidine rings is 1. The van der Waals surface area contributed by atoms with Crippen LogP contribution in [0.25, 0.3) is 10.9 Å². The van der Waals surface area contributed by atoms with Gasteiger partial charge >= 0.3 is 0 Å². The second kappa shape index (κ2) is 7.37. The van der Waals surface area contributed by atoms with Crippen LogP contribution in [-0.2, 0) is 9.84 Å². The van der Waals surface area contributed by atoms with Crippen molar-refractivity contribution in [2.24, 2.45) is 5.92 Å². The molecule has 6 heteroatoms. The van der Waals surface area contributed by atoms with E-state index in [9.17, 15) is 8.42 Å². The number of aromatic nitrogens is 1. The SMILES string of the molecule is CN1CCC(CNc2cccc(S(=O)(=O)c3cc4ccccc4[nH]3)c2)CC1. The summed E-state index contributed by atoms with van der Waals surface area (Å²) in [5.74, 6) is 0.634. The molecule has 1 aliphatic rings. The summed E-state index contributed by atoms with van der Waals surface area (Å²) in [6.07, 6.45) is 2.35. The molecular weight excluding hydrogens is 358 g/mol. The Morgan fingerprint density at radius 2 is 1.85 bits per heavy atom. The van der Waals surface area contributed by atoms with E-state index in [1.54, 1.807) is 24.3 Å². The highest BCUT2D eigenvalue weighted by molar-refractivity contribution is 7.91. The molecule has 0 atom stereocenters. The molecule has 1 aliphatic heterocycles. The van der Waals surface area contributed by atoms with Gasteiger partial charge in [-0.15, -0.1) is 0 Å². The zero-order valence-corrected chi connectivity index (χ0v) is 16.3. The lowest BCUT2D eigenvalue weighted by molar-refractivity contribution is 0.226. The first-order valence-electron chi connectivity index (χ1n) is 9.38. The number of fused-ring (bicyclic) bond motifs is 1. The van der Waals surface area contributed by atoms with Crippen molar-refractivity contribution in [1.29, 1.82) is 0 Å². The molecule has 0 aliphatic carbocycles. The molecule has 4 rings (SSSR count). The van der Waals surface area contributed by atoms with Gasteiger partial charge in [-0.05, 0) is 69.2 Å². The quantitative estimate of drug-likeness (QED) is 0.704. The summed E-state index contributed by atoms with van der Waals surface area (Å²) in [4.78, 5) is 5.69. The molecule has 142 valence electrons. The molecule has 0 radical (unpaired) electrons. The van der Waals surface area contributed by atoms with E-state index in [0.717, 1.165) is 36.2 Å². The van der Waals surface area contributed by atoms with Crippen LogP contribution < -0.4 is 5.32 Å². The molecule has 0 unspecified atom stereocenters. The fraction of sp³-hybridized carbons (Fsp3) is 0.333. The highest BCUT2D eigenvalue weighted by Crippen LogP contribution is 2.26. The summed E-state index contributed by atoms with van der Waals surface area (Å²) in [7, 11) is -1.42. The van der Waals surface area contributed by atoms with Crippen molar-refractivity contribution < 1.29 is 8.42 Å². The molecule has 5 nitrogen and oxygen atoms in total. The Kier molecular flexibility index (Phi) is 4.93. The van der Waals surface area contributed by atoms with Crippen molar-refractivity contribution >= 4 is 26.4 Å². The van der Waals surface area contributed by atoms with Gasteiger partial charge in [-0.3, -0.25) is 0 Å². The molecule has 1 saturated heterocycles. The monoisotopic (exact) mass is 383 g/mol. The number of nitrogens with zero attached hydrogens (tertiary/aromatic N) is 1. The van der Waals surface area contributed by atoms with E-state index in [2.05, 4.69) is 22.2 Å². The predicted molar refractivity (Wildman–Crippen MR) is 109 cm³/mol. The number of H-pyrrole nitrogens is 1. The van der Waals surface area contributed by atoms with Crippen molar-refractivity contribution in [2.45, 2.75) is 22.8 Å². The van der Waals surface area contributed by atoms with E-state index in [0.29, 0.717) is 10.8 Å². The Hall–Kier alpha value is -2.31. The third-order valence-corrected chi connectivity index (χ3v) is 7.05. The van der Waals surface area contributed by atoms with Crippen LogP contribution in [0.15, 0.2) is 64.5 Å². The number of benzene rings is 2. The Balaban J connectivity index is 1.52. The van der Waals surface area contributed by atoms with Gasteiger partial charge in [0.25, 0.3) is 0 Å². The van der Waals surface area contributed by atoms with Crippen LogP contribution in [-0.4, -0.2) is 45.0 Å². The van der Waals surface area contributed by atoms with Crippen LogP contribution in [0.5, 0.6) is 0 Å². The van der Waals surface area contributed by atoms with Gasteiger partial charge in [-0.2, -0.15) is 0 Å². The molecule has 0 amide bonds. The maximum Gasteiger partial charge on any atom is 0.221 e. The summed E-state index contributed by atoms with van der Waals surface area (Å²) in [6.45, 7) is 3.13. The maximum absolute atomic E-state index is 13.0. The minimum atomic E-state index is -3.58. The summed E-state index contributed by atoms with van der Waals surface area (Å²) in [5.41, 5.74) is 1.68. The number of anilines is 1. The summed E-state index contributed by atoms with van der Waals surface area (Å²) in [6, 6.07) is 16.4. The predicted octanol–water partition coefficient (Wildman–Crippen LogP) is 3.75. The zero-order chi connectivity index (χ0) is 18.9. The number of aromatic amines is 1. The summed E-state index contributed by atoms with van der Waals surface area (Å²) >= 11 is 0. The lowest BCUT2D eigenvalue weighted by Gasteiger charge is -2.29. The van der Waals surface area contributed by atoms with Gasteiger partial charge in [0, 0.05) is 23.1 Å². The number of likely N-dealkylation sites (tertiary alicyclic amines) is 1. The van der Waals surface area contributed by atoms with Crippen LogP contribution >= 0.6 is 0 Å². The highest BCUT2D eigenvalue weighted by Gasteiger charge is 2.21. The minimum Gasteiger partial charge on any atom is -0.385 e. The maximum atomic E-state index is 13.0. The van der Waals surface area contributed by atoms with Crippen molar-refractivity contribution in [3.63, 3.8) is 0 Å². The normalized spacial score (nSPS) is 16.6. The van der Waals surface area contributed by atoms with Gasteiger partial charge in [0.2, 0.25) is 9.84 Å². The van der Waals surface area contributed by atoms with Gasteiger partial charge in [-0.1, -0.05) is 24.3 Å². The molecule has 3 aromatic rings. The average molecular weight is 384 g/mol. The van der Waals surface area contributed by atoms with Gasteiger partial charge in [0.1, 0.15) is 5.03 Å². The minimum absolute atomic E-state index is 0.233. The number of hydrogen-bond acceptors (Lipinski definition) is 4. The van der Waals surface area contributed by atoms with Gasteiger partial charge < -0.3 is 15.2 Å². The van der Waals surface area contributed by atoms with E-state index in [-0.39, 0.29) is 5.03 Å². The molecule has 0 saturated carbocycles. The third-order valence-electron chi connectivity index (χ3n) is 5.37. The van der Waals surface area contributed by atoms with Crippen molar-refractivity contribution in [2.75, 3.05) is 32.0 Å². The molecule has 0 bridgehead atoms. The molecule has 2 heterocycles. The lowest BCUT2D eigenvalue weighted by Crippen LogP contribution is -2.32. The van der Waals surface area contributed by atoms with Gasteiger partial charge in [-0.25, -0.2) is 8.42 Å². The smallest absolute Gasteiger partial charge is 0.221 e. The second-order valence-corrected chi connectivity index (χ2v) is 9.30. The zero-order valence-electron chi connectivity index (χ0n) is 15.5. The second-order valence-electron chi connectivity index (χ2n) is 7.38. The fourth-order valence-electron chi connectivity index (χ4n) is 3.62. The molecule has 0 spiro atoms. The number of rotatable bonds is 5. The number of sulfone groups is 1. The molecule has 27 heavy (non-hydrogen) atoms. The first-order chi connectivity index (χ1) is 13.0. The van der Waals surface area contributed by atoms with Crippen molar-refractivity contribution in [3.05, 3.63) is 54.6 Å². The van der Waals surface area contributed by atoms with Crippen molar-refractivity contribution in [1.82, 2.24) is 9.88 Å². The standard InChI is InChI=1S/C21H25N3O2S/c1-24-11-9-16(10-12-24)15-22-18-6-4-7-19(14-18)27(25,26)21-13-17-5-2-3-8-20(17)23-21/h2-8,13-14,16,22-23H,9-12,15H2,1H3. The Morgan fingerprint density at radius 3 is 2.63 bits per heavy atom. The van der Waals surface area contributed by atoms with Crippen LogP contribution in [0.4, 0.5) is 5.69 Å². The van der Waals surface area contributed by atoms with E-state index in [1.807, 2.05) is 30.3 Å². The summed E-state index contributed by atoms with van der Waals surface area (Å²) in [5, 5.41) is 4.56. The molecule has 2 N–H and O–H groups in total. The van der Waals surface area contributed by atoms with Gasteiger partial charge in [0.05, 0.1) is 4.90 Å². The molecule has 2 aromatic carbocycles. The van der Waals surface area contributed by atoms with Gasteiger partial charge in [0.15, 0.2) is 0 Å². The largest absolute Gasteiger partial charge is 0.385 e. The Morgan fingerprint density at radius 1 is 1.07 bits per heavy atom. The third kappa shape index (κ3) is 3.87. The van der Waals surface area contributed by atoms with E-state index >= 15 is 0 Å². The molecular formula is C21H25N3O2S. The summed E-state index contributed by atoms with van der Waals surface area (Å²) < 4.78 is 26.1. The van der Waals surface area contributed by atoms with E-state index in [1.165, 1.54) is 12.8 Å².